The van der Waals surface area contributed by atoms with Gasteiger partial charge in [0.05, 0.1) is 12.7 Å². The van der Waals surface area contributed by atoms with E-state index in [2.05, 4.69) is 18.5 Å². The molecule has 0 radical (unpaired) electrons. The van der Waals surface area contributed by atoms with Gasteiger partial charge in [-0.25, -0.2) is 0 Å². The molecule has 1 aliphatic rings. The first-order valence-electron chi connectivity index (χ1n) is 4.24. The van der Waals surface area contributed by atoms with E-state index in [4.69, 9.17) is 4.74 Å². The third-order valence-electron chi connectivity index (χ3n) is 2.02. The maximum Gasteiger partial charge on any atom is 0.0714 e. The van der Waals surface area contributed by atoms with Crippen LogP contribution < -0.4 is 0 Å². The monoisotopic (exact) mass is 155 g/mol. The average molecular weight is 155 g/mol. The van der Waals surface area contributed by atoms with Gasteiger partial charge in [-0.3, -0.25) is 0 Å². The molecule has 0 aromatic carbocycles. The van der Waals surface area contributed by atoms with Crippen molar-refractivity contribution < 1.29 is 4.74 Å². The van der Waals surface area contributed by atoms with Gasteiger partial charge in [0, 0.05) is 13.1 Å². The van der Waals surface area contributed by atoms with Gasteiger partial charge >= 0.3 is 0 Å². The number of hydrogen-bond donors (Lipinski definition) is 0. The molecular formula is C9H17NO. The fourth-order valence-corrected chi connectivity index (χ4v) is 1.35. The van der Waals surface area contributed by atoms with Crippen LogP contribution in [0.1, 0.15) is 12.8 Å². The Morgan fingerprint density at radius 1 is 1.73 bits per heavy atom. The van der Waals surface area contributed by atoms with Crippen molar-refractivity contribution in [2.45, 2.75) is 18.9 Å². The minimum atomic E-state index is 0.472. The topological polar surface area (TPSA) is 12.5 Å². The molecule has 1 rings (SSSR count). The zero-order valence-electron chi connectivity index (χ0n) is 7.25. The van der Waals surface area contributed by atoms with E-state index >= 15 is 0 Å². The van der Waals surface area contributed by atoms with Crippen molar-refractivity contribution in [1.29, 1.82) is 0 Å². The first-order valence-corrected chi connectivity index (χ1v) is 4.24. The molecule has 0 aliphatic carbocycles. The molecule has 1 saturated heterocycles. The average Bonchev–Trinajstić information content (AvgIpc) is 2.37. The summed E-state index contributed by atoms with van der Waals surface area (Å²) in [5.74, 6) is 0. The van der Waals surface area contributed by atoms with Gasteiger partial charge in [-0.15, -0.1) is 6.58 Å². The molecule has 1 fully saturated rings. The second-order valence-corrected chi connectivity index (χ2v) is 3.12. The van der Waals surface area contributed by atoms with Crippen LogP contribution in [-0.4, -0.2) is 37.7 Å². The van der Waals surface area contributed by atoms with Gasteiger partial charge in [-0.1, -0.05) is 6.08 Å². The summed E-state index contributed by atoms with van der Waals surface area (Å²) in [5, 5.41) is 0. The first-order chi connectivity index (χ1) is 5.33. The van der Waals surface area contributed by atoms with Gasteiger partial charge in [0.25, 0.3) is 0 Å². The Bertz CT molecular complexity index is 125. The summed E-state index contributed by atoms with van der Waals surface area (Å²) in [6, 6.07) is 0. The highest BCUT2D eigenvalue weighted by molar-refractivity contribution is 4.73. The quantitative estimate of drug-likeness (QED) is 0.448. The second-order valence-electron chi connectivity index (χ2n) is 3.12. The predicted molar refractivity (Wildman–Crippen MR) is 46.7 cm³/mol. The van der Waals surface area contributed by atoms with E-state index < -0.39 is 0 Å². The van der Waals surface area contributed by atoms with Gasteiger partial charge in [0.2, 0.25) is 0 Å². The summed E-state index contributed by atoms with van der Waals surface area (Å²) in [7, 11) is 2.14. The third-order valence-corrected chi connectivity index (χ3v) is 2.02. The Morgan fingerprint density at radius 3 is 3.09 bits per heavy atom. The van der Waals surface area contributed by atoms with Crippen LogP contribution in [0.4, 0.5) is 0 Å². The fourth-order valence-electron chi connectivity index (χ4n) is 1.35. The van der Waals surface area contributed by atoms with Crippen molar-refractivity contribution in [1.82, 2.24) is 4.90 Å². The summed E-state index contributed by atoms with van der Waals surface area (Å²) in [6.45, 7) is 6.76. The lowest BCUT2D eigenvalue weighted by Crippen LogP contribution is -2.19. The van der Waals surface area contributed by atoms with E-state index in [1.807, 2.05) is 6.08 Å². The molecular weight excluding hydrogens is 138 g/mol. The van der Waals surface area contributed by atoms with Crippen LogP contribution in [0, 0.1) is 0 Å². The van der Waals surface area contributed by atoms with Crippen molar-refractivity contribution in [2.75, 3.05) is 26.7 Å². The van der Waals surface area contributed by atoms with Crippen LogP contribution in [0.3, 0.4) is 0 Å². The lowest BCUT2D eigenvalue weighted by atomic mass is 10.3. The summed E-state index contributed by atoms with van der Waals surface area (Å²) in [6.07, 6.45) is 4.53. The highest BCUT2D eigenvalue weighted by atomic mass is 16.5. The van der Waals surface area contributed by atoms with Crippen LogP contribution >= 0.6 is 0 Å². The molecule has 2 nitrogen and oxygen atoms in total. The Morgan fingerprint density at radius 2 is 2.55 bits per heavy atom. The van der Waals surface area contributed by atoms with E-state index in [0.717, 1.165) is 19.6 Å². The first kappa shape index (κ1) is 8.75. The van der Waals surface area contributed by atoms with E-state index in [0.29, 0.717) is 6.10 Å². The van der Waals surface area contributed by atoms with Crippen LogP contribution in [-0.2, 0) is 4.74 Å². The Kier molecular flexibility index (Phi) is 3.60. The van der Waals surface area contributed by atoms with Crippen LogP contribution in [0.2, 0.25) is 0 Å². The van der Waals surface area contributed by atoms with Gasteiger partial charge in [0.15, 0.2) is 0 Å². The van der Waals surface area contributed by atoms with E-state index in [1.165, 1.54) is 13.0 Å². The van der Waals surface area contributed by atoms with Crippen LogP contribution in [0.25, 0.3) is 0 Å². The second kappa shape index (κ2) is 4.52. The Hall–Kier alpha value is -0.340. The molecule has 0 aromatic rings. The van der Waals surface area contributed by atoms with Crippen LogP contribution in [0.15, 0.2) is 12.7 Å². The molecule has 0 amide bonds. The molecule has 0 N–H and O–H groups in total. The SMILES string of the molecule is C=CCCOC1CCN(C)C1. The molecule has 64 valence electrons. The van der Waals surface area contributed by atoms with Crippen molar-refractivity contribution >= 4 is 0 Å². The molecule has 1 aliphatic heterocycles. The number of likely N-dealkylation sites (N-methyl/N-ethyl adjacent to an activating group) is 1. The summed E-state index contributed by atoms with van der Waals surface area (Å²) in [5.41, 5.74) is 0. The third kappa shape index (κ3) is 3.04. The summed E-state index contributed by atoms with van der Waals surface area (Å²) >= 11 is 0. The smallest absolute Gasteiger partial charge is 0.0714 e. The normalized spacial score (nSPS) is 25.7. The Balaban J connectivity index is 2.03. The molecule has 11 heavy (non-hydrogen) atoms. The van der Waals surface area contributed by atoms with Gasteiger partial charge in [0.1, 0.15) is 0 Å². The maximum absolute atomic E-state index is 5.60. The van der Waals surface area contributed by atoms with E-state index in [-0.39, 0.29) is 0 Å². The van der Waals surface area contributed by atoms with E-state index in [1.54, 1.807) is 0 Å². The zero-order chi connectivity index (χ0) is 8.10. The number of hydrogen-bond acceptors (Lipinski definition) is 2. The lowest BCUT2D eigenvalue weighted by molar-refractivity contribution is 0.0643. The number of nitrogens with zero attached hydrogens (tertiary/aromatic N) is 1. The highest BCUT2D eigenvalue weighted by Gasteiger charge is 2.18. The van der Waals surface area contributed by atoms with Crippen LogP contribution in [0.5, 0.6) is 0 Å². The highest BCUT2D eigenvalue weighted by Crippen LogP contribution is 2.10. The van der Waals surface area contributed by atoms with Gasteiger partial charge < -0.3 is 9.64 Å². The predicted octanol–water partition coefficient (Wildman–Crippen LogP) is 1.28. The number of rotatable bonds is 4. The minimum Gasteiger partial charge on any atom is -0.377 e. The van der Waals surface area contributed by atoms with Gasteiger partial charge in [-0.05, 0) is 19.9 Å². The molecule has 0 bridgehead atoms. The fraction of sp³-hybridized carbons (Fsp3) is 0.778. The number of ether oxygens (including phenoxy) is 1. The molecule has 1 heterocycles. The van der Waals surface area contributed by atoms with Crippen molar-refractivity contribution in [3.63, 3.8) is 0 Å². The number of likely N-dealkylation sites (tertiary alicyclic amines) is 1. The summed E-state index contributed by atoms with van der Waals surface area (Å²) < 4.78 is 5.60. The maximum atomic E-state index is 5.60. The minimum absolute atomic E-state index is 0.472. The largest absolute Gasteiger partial charge is 0.377 e. The summed E-state index contributed by atoms with van der Waals surface area (Å²) in [4.78, 5) is 2.30. The van der Waals surface area contributed by atoms with Crippen molar-refractivity contribution in [3.8, 4) is 0 Å². The lowest BCUT2D eigenvalue weighted by Gasteiger charge is -2.10. The standard InChI is InChI=1S/C9H17NO/c1-3-4-7-11-9-5-6-10(2)8-9/h3,9H,1,4-8H2,2H3. The molecule has 0 aromatic heterocycles. The Labute approximate surface area is 68.8 Å². The molecule has 0 saturated carbocycles. The van der Waals surface area contributed by atoms with Crippen molar-refractivity contribution in [3.05, 3.63) is 12.7 Å². The molecule has 1 unspecified atom stereocenters. The molecule has 0 spiro atoms. The zero-order valence-corrected chi connectivity index (χ0v) is 7.25. The van der Waals surface area contributed by atoms with Crippen molar-refractivity contribution in [2.24, 2.45) is 0 Å². The van der Waals surface area contributed by atoms with E-state index in [9.17, 15) is 0 Å². The molecule has 2 heteroatoms. The molecule has 1 atom stereocenters. The van der Waals surface area contributed by atoms with Gasteiger partial charge in [-0.2, -0.15) is 0 Å².